The van der Waals surface area contributed by atoms with Crippen molar-refractivity contribution in [2.24, 2.45) is 22.7 Å². The summed E-state index contributed by atoms with van der Waals surface area (Å²) in [5.74, 6) is -2.88. The van der Waals surface area contributed by atoms with E-state index >= 15 is 0 Å². The van der Waals surface area contributed by atoms with Gasteiger partial charge in [-0.25, -0.2) is 0 Å². The summed E-state index contributed by atoms with van der Waals surface area (Å²) < 4.78 is 17.7. The fourth-order valence-electron chi connectivity index (χ4n) is 13.8. The highest BCUT2D eigenvalue weighted by Gasteiger charge is 2.63. The van der Waals surface area contributed by atoms with E-state index in [2.05, 4.69) is 18.3 Å². The molecule has 1 aliphatic heterocycles. The number of benzene rings is 3. The lowest BCUT2D eigenvalue weighted by Gasteiger charge is -2.50. The number of aromatic hydroxyl groups is 3. The predicted molar refractivity (Wildman–Crippen MR) is 252 cm³/mol. The molecule has 3 fully saturated rings. The molecule has 9 N–H and O–H groups in total. The third kappa shape index (κ3) is 8.40. The Kier molecular flexibility index (Phi) is 13.7. The minimum atomic E-state index is -2.34. The van der Waals surface area contributed by atoms with Crippen LogP contribution in [0.3, 0.4) is 0 Å². The molecule has 1 saturated heterocycles. The molecule has 3 aromatic carbocycles. The van der Waals surface area contributed by atoms with E-state index in [0.717, 1.165) is 64.2 Å². The van der Waals surface area contributed by atoms with Gasteiger partial charge in [0.25, 0.3) is 0 Å². The number of carbonyl (C=O) groups excluding carboxylic acids is 4. The SMILES string of the molecule is COc1cccc2c1C(=O)c1c(O)c3c(c(O)c1C2=O)C[C@@](O)(C(=O)CO)C[C@@H]3O[C@H]1C[C@H](NC(=O)CCCCCCC[C@]2(CO)C[C@H]3[C@@H]4CCc5cc(O)ccc5[C@H]4CC[C@]3(C)[C@H]2O)[C@H](O)[C@H](C)O1. The number of phenolic OH excluding ortho intramolecular Hbond substituents is 3. The molecular formula is C54H67NO15. The smallest absolute Gasteiger partial charge is 0.220 e. The molecule has 12 atom stereocenters. The van der Waals surface area contributed by atoms with Crippen LogP contribution >= 0.6 is 0 Å². The van der Waals surface area contributed by atoms with Crippen molar-refractivity contribution in [3.63, 3.8) is 0 Å². The second-order valence-corrected chi connectivity index (χ2v) is 21.4. The van der Waals surface area contributed by atoms with Gasteiger partial charge in [-0.2, -0.15) is 0 Å². The fraction of sp³-hybridized carbons (Fsp3) is 0.593. The fourth-order valence-corrected chi connectivity index (χ4v) is 13.8. The Bertz CT molecular complexity index is 2560. The van der Waals surface area contributed by atoms with Gasteiger partial charge < -0.3 is 60.4 Å². The highest BCUT2D eigenvalue weighted by atomic mass is 16.7. The zero-order valence-corrected chi connectivity index (χ0v) is 40.1. The number of ketones is 3. The van der Waals surface area contributed by atoms with E-state index in [1.165, 1.54) is 36.4 Å². The van der Waals surface area contributed by atoms with Crippen molar-refractivity contribution in [2.75, 3.05) is 20.3 Å². The predicted octanol–water partition coefficient (Wildman–Crippen LogP) is 5.10. The minimum Gasteiger partial charge on any atom is -0.508 e. The molecule has 0 aromatic heterocycles. The van der Waals surface area contributed by atoms with Crippen molar-refractivity contribution in [3.05, 3.63) is 80.9 Å². The van der Waals surface area contributed by atoms with E-state index < -0.39 is 107 Å². The van der Waals surface area contributed by atoms with Gasteiger partial charge in [0.2, 0.25) is 11.7 Å². The molecule has 0 spiro atoms. The molecule has 378 valence electrons. The van der Waals surface area contributed by atoms with Crippen LogP contribution in [0.15, 0.2) is 36.4 Å². The number of unbranched alkanes of at least 4 members (excludes halogenated alkanes) is 4. The molecule has 0 bridgehead atoms. The first kappa shape index (κ1) is 50.0. The molecule has 1 amide bonds. The second-order valence-electron chi connectivity index (χ2n) is 21.4. The molecule has 5 aliphatic carbocycles. The highest BCUT2D eigenvalue weighted by Crippen LogP contribution is 2.66. The lowest BCUT2D eigenvalue weighted by atomic mass is 9.55. The molecular weight excluding hydrogens is 903 g/mol. The third-order valence-corrected chi connectivity index (χ3v) is 17.5. The van der Waals surface area contributed by atoms with Crippen LogP contribution in [0.1, 0.15) is 163 Å². The lowest BCUT2D eigenvalue weighted by Crippen LogP contribution is -2.55. The Morgan fingerprint density at radius 3 is 2.40 bits per heavy atom. The Balaban J connectivity index is 0.808. The summed E-state index contributed by atoms with van der Waals surface area (Å²) in [4.78, 5) is 54.3. The lowest BCUT2D eigenvalue weighted by molar-refractivity contribution is -0.249. The van der Waals surface area contributed by atoms with Gasteiger partial charge in [-0.05, 0) is 104 Å². The highest BCUT2D eigenvalue weighted by molar-refractivity contribution is 6.31. The molecule has 0 radical (unpaired) electrons. The maximum absolute atomic E-state index is 14.0. The normalized spacial score (nSPS) is 33.0. The summed E-state index contributed by atoms with van der Waals surface area (Å²) in [6.07, 6.45) is 2.82. The summed E-state index contributed by atoms with van der Waals surface area (Å²) in [6.45, 7) is 2.66. The topological polar surface area (TPSA) is 270 Å². The van der Waals surface area contributed by atoms with Gasteiger partial charge in [-0.15, -0.1) is 0 Å². The zero-order chi connectivity index (χ0) is 50.0. The Morgan fingerprint density at radius 1 is 0.914 bits per heavy atom. The Hall–Kier alpha value is -4.94. The number of rotatable bonds is 15. The molecule has 3 aromatic rings. The van der Waals surface area contributed by atoms with Crippen LogP contribution in [0.5, 0.6) is 23.0 Å². The van der Waals surface area contributed by atoms with Gasteiger partial charge in [0.05, 0.1) is 54.8 Å². The quantitative estimate of drug-likeness (QED) is 0.0554. The standard InChI is InChI=1S/C54H67NO15/c1-27-46(61)36(55-40(60)12-7-5-4-6-8-18-53(26-57)23-35-32-15-13-28-20-29(58)14-16-30(28)31(32)17-19-52(35,2)51(53)66)21-41(69-27)70-38-24-54(67,39(59)25-56)22-34-43(38)50(65)45-44(48(34)63)47(62)33-10-9-11-37(68-3)42(33)49(45)64/h9-11,14,16,20,27,31-32,35-36,38,41,46,51,56-58,61,63,65-67H,4-8,12-13,15,17-19,21-26H2,1-3H3,(H,55,60)/t27-,31+,32+,35-,36-,38-,41-,46+,51+,52-,53+,54-/m0/s1. The van der Waals surface area contributed by atoms with Crippen LogP contribution in [-0.4, -0.2) is 121 Å². The monoisotopic (exact) mass is 969 g/mol. The molecule has 16 heteroatoms. The van der Waals surface area contributed by atoms with Gasteiger partial charge in [0.15, 0.2) is 17.9 Å². The first-order valence-corrected chi connectivity index (χ1v) is 25.0. The number of carbonyl (C=O) groups is 4. The molecule has 1 heterocycles. The summed E-state index contributed by atoms with van der Waals surface area (Å²) in [7, 11) is 1.32. The number of ether oxygens (including phenoxy) is 3. The second kappa shape index (κ2) is 19.2. The van der Waals surface area contributed by atoms with Crippen LogP contribution in [-0.2, 0) is 31.9 Å². The van der Waals surface area contributed by atoms with Crippen molar-refractivity contribution in [2.45, 2.75) is 158 Å². The number of Topliss-reactive ketones (excluding diaryl/α,β-unsaturated/α-hetero) is 1. The molecule has 16 nitrogen and oxygen atoms in total. The Morgan fingerprint density at radius 2 is 1.66 bits per heavy atom. The maximum Gasteiger partial charge on any atom is 0.220 e. The summed E-state index contributed by atoms with van der Waals surface area (Å²) in [5, 5.41) is 92.0. The van der Waals surface area contributed by atoms with Crippen molar-refractivity contribution in [3.8, 4) is 23.0 Å². The number of phenols is 3. The van der Waals surface area contributed by atoms with E-state index in [0.29, 0.717) is 29.9 Å². The van der Waals surface area contributed by atoms with E-state index in [4.69, 9.17) is 14.2 Å². The van der Waals surface area contributed by atoms with Crippen molar-refractivity contribution < 1.29 is 74.2 Å². The van der Waals surface area contributed by atoms with Crippen molar-refractivity contribution in [1.82, 2.24) is 5.32 Å². The average molecular weight is 970 g/mol. The molecule has 6 aliphatic rings. The maximum atomic E-state index is 14.0. The van der Waals surface area contributed by atoms with E-state index in [9.17, 15) is 60.0 Å². The number of aryl methyl sites for hydroxylation is 1. The van der Waals surface area contributed by atoms with Gasteiger partial charge in [0, 0.05) is 47.8 Å². The zero-order valence-electron chi connectivity index (χ0n) is 40.1. The number of amides is 1. The van der Waals surface area contributed by atoms with Crippen LogP contribution in [0, 0.1) is 22.7 Å². The molecule has 0 unspecified atom stereocenters. The summed E-state index contributed by atoms with van der Waals surface area (Å²) in [6, 6.07) is 9.24. The number of aliphatic hydroxyl groups is 5. The van der Waals surface area contributed by atoms with Crippen molar-refractivity contribution in [1.29, 1.82) is 0 Å². The van der Waals surface area contributed by atoms with Crippen LogP contribution in [0.25, 0.3) is 0 Å². The van der Waals surface area contributed by atoms with Gasteiger partial charge >= 0.3 is 0 Å². The van der Waals surface area contributed by atoms with Crippen LogP contribution in [0.2, 0.25) is 0 Å². The first-order chi connectivity index (χ1) is 33.4. The van der Waals surface area contributed by atoms with E-state index in [-0.39, 0.29) is 58.8 Å². The van der Waals surface area contributed by atoms with Gasteiger partial charge in [-0.1, -0.05) is 50.8 Å². The van der Waals surface area contributed by atoms with E-state index in [1.54, 1.807) is 13.0 Å². The number of hydrogen-bond acceptors (Lipinski definition) is 15. The number of hydrogen-bond donors (Lipinski definition) is 9. The Labute approximate surface area is 407 Å². The van der Waals surface area contributed by atoms with Crippen molar-refractivity contribution >= 4 is 23.3 Å². The minimum absolute atomic E-state index is 0.0626. The number of methoxy groups -OCH3 is 1. The largest absolute Gasteiger partial charge is 0.508 e. The third-order valence-electron chi connectivity index (χ3n) is 17.5. The number of aliphatic hydroxyl groups excluding tert-OH is 4. The van der Waals surface area contributed by atoms with Crippen LogP contribution in [0.4, 0.5) is 0 Å². The molecule has 9 rings (SSSR count). The number of fused-ring (bicyclic) bond motifs is 8. The first-order valence-electron chi connectivity index (χ1n) is 25.0. The van der Waals surface area contributed by atoms with E-state index in [1.807, 2.05) is 6.07 Å². The van der Waals surface area contributed by atoms with Gasteiger partial charge in [0.1, 0.15) is 41.3 Å². The summed E-state index contributed by atoms with van der Waals surface area (Å²) in [5.41, 5.74) is -2.24. The van der Waals surface area contributed by atoms with Gasteiger partial charge in [-0.3, -0.25) is 19.2 Å². The average Bonchev–Trinajstić information content (AvgIpc) is 3.57. The number of nitrogens with one attached hydrogen (secondary N) is 1. The molecule has 2 saturated carbocycles. The summed E-state index contributed by atoms with van der Waals surface area (Å²) >= 11 is 0. The van der Waals surface area contributed by atoms with Crippen LogP contribution < -0.4 is 10.1 Å². The molecule has 70 heavy (non-hydrogen) atoms.